The van der Waals surface area contributed by atoms with E-state index < -0.39 is 24.0 Å². The molecule has 1 saturated heterocycles. The molecule has 0 aliphatic carbocycles. The fourth-order valence-electron chi connectivity index (χ4n) is 3.74. The van der Waals surface area contributed by atoms with E-state index in [9.17, 15) is 18.7 Å². The summed E-state index contributed by atoms with van der Waals surface area (Å²) in [6, 6.07) is 8.91. The summed E-state index contributed by atoms with van der Waals surface area (Å²) < 4.78 is 38.9. The molecular formula is C22H22F2N2O4. The standard InChI is InChI=1S/C22H22F2N2O4/c1-25(13-21-29-7-8-30-21)22(28)26-12-15(18-11-16(23)5-6-19(18)24)10-20(26)14-3-2-4-17(27)9-14/h2-6,9-11,20-21,27H,7-8,12-13H2,1H3. The Labute approximate surface area is 172 Å². The molecule has 1 fully saturated rings. The Morgan fingerprint density at radius 3 is 2.70 bits per heavy atom. The highest BCUT2D eigenvalue weighted by molar-refractivity contribution is 5.82. The van der Waals surface area contributed by atoms with Crippen molar-refractivity contribution in [1.29, 1.82) is 0 Å². The normalized spacial score (nSPS) is 19.2. The molecule has 0 saturated carbocycles. The van der Waals surface area contributed by atoms with E-state index in [1.54, 1.807) is 36.2 Å². The van der Waals surface area contributed by atoms with Crippen LogP contribution in [0, 0.1) is 11.6 Å². The van der Waals surface area contributed by atoms with E-state index in [0.29, 0.717) is 24.4 Å². The van der Waals surface area contributed by atoms with E-state index in [-0.39, 0.29) is 30.4 Å². The van der Waals surface area contributed by atoms with Crippen molar-refractivity contribution < 1.29 is 28.2 Å². The van der Waals surface area contributed by atoms with Crippen LogP contribution >= 0.6 is 0 Å². The molecule has 158 valence electrons. The average Bonchev–Trinajstić information content (AvgIpc) is 3.39. The molecule has 2 aromatic carbocycles. The van der Waals surface area contributed by atoms with Crippen molar-refractivity contribution in [2.24, 2.45) is 0 Å². The number of phenolic OH excluding ortho intramolecular Hbond substituents is 1. The Morgan fingerprint density at radius 2 is 1.97 bits per heavy atom. The second-order valence-corrected chi connectivity index (χ2v) is 7.32. The fraction of sp³-hybridized carbons (Fsp3) is 0.318. The van der Waals surface area contributed by atoms with Crippen molar-refractivity contribution in [3.63, 3.8) is 0 Å². The van der Waals surface area contributed by atoms with E-state index in [1.165, 1.54) is 11.0 Å². The van der Waals surface area contributed by atoms with Crippen LogP contribution in [0.1, 0.15) is 17.2 Å². The maximum absolute atomic E-state index is 14.4. The molecule has 1 unspecified atom stereocenters. The lowest BCUT2D eigenvalue weighted by Crippen LogP contribution is -2.44. The van der Waals surface area contributed by atoms with Crippen molar-refractivity contribution in [3.8, 4) is 5.75 Å². The molecule has 0 aromatic heterocycles. The van der Waals surface area contributed by atoms with Crippen molar-refractivity contribution in [3.05, 3.63) is 71.3 Å². The minimum atomic E-state index is -0.562. The van der Waals surface area contributed by atoms with E-state index >= 15 is 0 Å². The number of halogens is 2. The Balaban J connectivity index is 1.64. The van der Waals surface area contributed by atoms with Crippen LogP contribution in [0.3, 0.4) is 0 Å². The monoisotopic (exact) mass is 416 g/mol. The third kappa shape index (κ3) is 4.15. The van der Waals surface area contributed by atoms with Gasteiger partial charge in [-0.15, -0.1) is 0 Å². The van der Waals surface area contributed by atoms with E-state index in [4.69, 9.17) is 9.47 Å². The Morgan fingerprint density at radius 1 is 1.20 bits per heavy atom. The third-order valence-electron chi connectivity index (χ3n) is 5.21. The summed E-state index contributed by atoms with van der Waals surface area (Å²) in [6.45, 7) is 1.29. The van der Waals surface area contributed by atoms with Gasteiger partial charge in [0, 0.05) is 19.2 Å². The van der Waals surface area contributed by atoms with Gasteiger partial charge in [-0.05, 0) is 41.5 Å². The molecule has 0 spiro atoms. The lowest BCUT2D eigenvalue weighted by atomic mass is 10.0. The predicted octanol–water partition coefficient (Wildman–Crippen LogP) is 3.54. The molecule has 2 heterocycles. The molecule has 8 heteroatoms. The molecule has 1 atom stereocenters. The number of aromatic hydroxyl groups is 1. The predicted molar refractivity (Wildman–Crippen MR) is 106 cm³/mol. The molecule has 2 aromatic rings. The third-order valence-corrected chi connectivity index (χ3v) is 5.21. The summed E-state index contributed by atoms with van der Waals surface area (Å²) in [5.41, 5.74) is 1.27. The number of hydrogen-bond acceptors (Lipinski definition) is 4. The molecule has 30 heavy (non-hydrogen) atoms. The number of carbonyl (C=O) groups is 1. The minimum Gasteiger partial charge on any atom is -0.508 e. The van der Waals surface area contributed by atoms with Crippen LogP contribution in [0.5, 0.6) is 5.75 Å². The highest BCUT2D eigenvalue weighted by atomic mass is 19.1. The molecule has 6 nitrogen and oxygen atoms in total. The van der Waals surface area contributed by atoms with Gasteiger partial charge in [-0.1, -0.05) is 18.2 Å². The first-order valence-corrected chi connectivity index (χ1v) is 9.62. The van der Waals surface area contributed by atoms with E-state index in [2.05, 4.69) is 0 Å². The zero-order valence-electron chi connectivity index (χ0n) is 16.4. The molecule has 4 rings (SSSR count). The summed E-state index contributed by atoms with van der Waals surface area (Å²) in [6.07, 6.45) is 1.23. The van der Waals surface area contributed by atoms with Gasteiger partial charge in [0.25, 0.3) is 0 Å². The van der Waals surface area contributed by atoms with Gasteiger partial charge in [0.1, 0.15) is 17.4 Å². The summed E-state index contributed by atoms with van der Waals surface area (Å²) in [7, 11) is 1.63. The van der Waals surface area contributed by atoms with Gasteiger partial charge in [-0.2, -0.15) is 0 Å². The lowest BCUT2D eigenvalue weighted by Gasteiger charge is -2.31. The Hall–Kier alpha value is -2.97. The Kier molecular flexibility index (Phi) is 5.69. The number of carbonyl (C=O) groups excluding carboxylic acids is 1. The summed E-state index contributed by atoms with van der Waals surface area (Å²) in [5.74, 6) is -1.06. The zero-order chi connectivity index (χ0) is 21.3. The van der Waals surface area contributed by atoms with Gasteiger partial charge >= 0.3 is 6.03 Å². The number of nitrogens with zero attached hydrogens (tertiary/aromatic N) is 2. The number of hydrogen-bond donors (Lipinski definition) is 1. The van der Waals surface area contributed by atoms with Crippen LogP contribution in [-0.4, -0.2) is 60.6 Å². The minimum absolute atomic E-state index is 0.0554. The van der Waals surface area contributed by atoms with Crippen molar-refractivity contribution in [2.75, 3.05) is 33.4 Å². The largest absolute Gasteiger partial charge is 0.508 e. The number of phenols is 1. The smallest absolute Gasteiger partial charge is 0.320 e. The van der Waals surface area contributed by atoms with Gasteiger partial charge in [0.2, 0.25) is 0 Å². The molecule has 2 aliphatic rings. The van der Waals surface area contributed by atoms with Crippen LogP contribution in [0.4, 0.5) is 13.6 Å². The number of ether oxygens (including phenoxy) is 2. The number of urea groups is 1. The first-order chi connectivity index (χ1) is 14.4. The van der Waals surface area contributed by atoms with Crippen LogP contribution in [0.25, 0.3) is 5.57 Å². The van der Waals surface area contributed by atoms with Gasteiger partial charge in [-0.25, -0.2) is 13.6 Å². The molecular weight excluding hydrogens is 394 g/mol. The van der Waals surface area contributed by atoms with Crippen molar-refractivity contribution >= 4 is 11.6 Å². The quantitative estimate of drug-likeness (QED) is 0.828. The number of likely N-dealkylation sites (N-methyl/N-ethyl adjacent to an activating group) is 1. The lowest BCUT2D eigenvalue weighted by molar-refractivity contribution is -0.0541. The van der Waals surface area contributed by atoms with Gasteiger partial charge in [0.05, 0.1) is 25.8 Å². The number of rotatable bonds is 4. The van der Waals surface area contributed by atoms with Gasteiger partial charge in [-0.3, -0.25) is 0 Å². The van der Waals surface area contributed by atoms with Crippen LogP contribution in [0.2, 0.25) is 0 Å². The summed E-state index contributed by atoms with van der Waals surface area (Å²) in [4.78, 5) is 16.2. The second kappa shape index (κ2) is 8.41. The van der Waals surface area contributed by atoms with Gasteiger partial charge < -0.3 is 24.4 Å². The maximum atomic E-state index is 14.4. The summed E-state index contributed by atoms with van der Waals surface area (Å²) in [5, 5.41) is 9.88. The van der Waals surface area contributed by atoms with Crippen LogP contribution in [0.15, 0.2) is 48.5 Å². The zero-order valence-corrected chi connectivity index (χ0v) is 16.4. The first-order valence-electron chi connectivity index (χ1n) is 9.62. The van der Waals surface area contributed by atoms with E-state index in [1.807, 2.05) is 0 Å². The molecule has 0 radical (unpaired) electrons. The highest BCUT2D eigenvalue weighted by Gasteiger charge is 2.34. The van der Waals surface area contributed by atoms with Crippen molar-refractivity contribution in [2.45, 2.75) is 12.3 Å². The SMILES string of the molecule is CN(CC1OCCO1)C(=O)N1CC(c2cc(F)ccc2F)=CC1c1cccc(O)c1. The maximum Gasteiger partial charge on any atom is 0.320 e. The Bertz CT molecular complexity index is 975. The topological polar surface area (TPSA) is 62.2 Å². The molecule has 0 bridgehead atoms. The summed E-state index contributed by atoms with van der Waals surface area (Å²) >= 11 is 0. The van der Waals surface area contributed by atoms with E-state index in [0.717, 1.165) is 18.2 Å². The number of benzene rings is 2. The van der Waals surface area contributed by atoms with Crippen LogP contribution < -0.4 is 0 Å². The van der Waals surface area contributed by atoms with Gasteiger partial charge in [0.15, 0.2) is 6.29 Å². The second-order valence-electron chi connectivity index (χ2n) is 7.32. The number of amides is 2. The average molecular weight is 416 g/mol. The first kappa shape index (κ1) is 20.3. The van der Waals surface area contributed by atoms with Crippen LogP contribution in [-0.2, 0) is 9.47 Å². The highest BCUT2D eigenvalue weighted by Crippen LogP contribution is 2.37. The molecule has 2 aliphatic heterocycles. The fourth-order valence-corrected chi connectivity index (χ4v) is 3.74. The molecule has 1 N–H and O–H groups in total. The van der Waals surface area contributed by atoms with Crippen molar-refractivity contribution in [1.82, 2.24) is 9.80 Å². The molecule has 2 amide bonds.